The van der Waals surface area contributed by atoms with Crippen LogP contribution in [0.15, 0.2) is 12.7 Å². The highest BCUT2D eigenvalue weighted by Gasteiger charge is 2.20. The standard InChI is InChI=1S/C11H17NO2/c1-4-6-7-9(3)10(13)11(14)12-8-5-2/h1,5,9-10,13H,2,6-8H2,3H3,(H,12,14)/t9?,10-/m0/s1. The molecule has 3 nitrogen and oxygen atoms in total. The van der Waals surface area contributed by atoms with Gasteiger partial charge >= 0.3 is 0 Å². The Morgan fingerprint density at radius 1 is 1.79 bits per heavy atom. The summed E-state index contributed by atoms with van der Waals surface area (Å²) in [5.74, 6) is 2.00. The van der Waals surface area contributed by atoms with Crippen molar-refractivity contribution in [3.05, 3.63) is 12.7 Å². The van der Waals surface area contributed by atoms with Crippen LogP contribution in [0.3, 0.4) is 0 Å². The zero-order chi connectivity index (χ0) is 11.0. The molecule has 2 N–H and O–H groups in total. The predicted octanol–water partition coefficient (Wildman–Crippen LogP) is 0.699. The first-order valence-electron chi connectivity index (χ1n) is 4.63. The highest BCUT2D eigenvalue weighted by atomic mass is 16.3. The van der Waals surface area contributed by atoms with Gasteiger partial charge < -0.3 is 10.4 Å². The van der Waals surface area contributed by atoms with Gasteiger partial charge in [0.2, 0.25) is 5.91 Å². The van der Waals surface area contributed by atoms with Crippen molar-refractivity contribution in [2.24, 2.45) is 5.92 Å². The third-order valence-corrected chi connectivity index (χ3v) is 1.97. The minimum Gasteiger partial charge on any atom is -0.383 e. The second-order valence-electron chi connectivity index (χ2n) is 3.20. The van der Waals surface area contributed by atoms with Crippen molar-refractivity contribution in [2.75, 3.05) is 6.54 Å². The van der Waals surface area contributed by atoms with Crippen molar-refractivity contribution in [1.82, 2.24) is 5.32 Å². The number of aliphatic hydroxyl groups excluding tert-OH is 1. The first kappa shape index (κ1) is 12.7. The van der Waals surface area contributed by atoms with Crippen LogP contribution in [0.1, 0.15) is 19.8 Å². The molecule has 0 aliphatic heterocycles. The average molecular weight is 195 g/mol. The number of amides is 1. The molecule has 0 saturated carbocycles. The Bertz CT molecular complexity index is 230. The summed E-state index contributed by atoms with van der Waals surface area (Å²) in [5, 5.41) is 12.1. The molecule has 14 heavy (non-hydrogen) atoms. The van der Waals surface area contributed by atoms with Gasteiger partial charge in [0.25, 0.3) is 0 Å². The van der Waals surface area contributed by atoms with Gasteiger partial charge in [0.05, 0.1) is 0 Å². The molecule has 1 amide bonds. The maximum absolute atomic E-state index is 11.2. The van der Waals surface area contributed by atoms with E-state index in [0.29, 0.717) is 19.4 Å². The molecule has 0 heterocycles. The Balaban J connectivity index is 3.91. The molecule has 0 aromatic heterocycles. The summed E-state index contributed by atoms with van der Waals surface area (Å²) >= 11 is 0. The Morgan fingerprint density at radius 3 is 2.93 bits per heavy atom. The van der Waals surface area contributed by atoms with Gasteiger partial charge in [-0.1, -0.05) is 13.0 Å². The van der Waals surface area contributed by atoms with Crippen molar-refractivity contribution in [2.45, 2.75) is 25.9 Å². The molecule has 3 heteroatoms. The summed E-state index contributed by atoms with van der Waals surface area (Å²) in [6, 6.07) is 0. The fraction of sp³-hybridized carbons (Fsp3) is 0.545. The van der Waals surface area contributed by atoms with Gasteiger partial charge in [-0.05, 0) is 12.3 Å². The summed E-state index contributed by atoms with van der Waals surface area (Å²) in [6.07, 6.45) is 6.90. The van der Waals surface area contributed by atoms with E-state index in [1.165, 1.54) is 0 Å². The molecule has 0 rings (SSSR count). The minimum atomic E-state index is -0.983. The van der Waals surface area contributed by atoms with Gasteiger partial charge in [-0.2, -0.15) is 0 Å². The minimum absolute atomic E-state index is 0.115. The van der Waals surface area contributed by atoms with E-state index in [1.807, 2.05) is 0 Å². The van der Waals surface area contributed by atoms with Gasteiger partial charge in [0.15, 0.2) is 0 Å². The molecule has 0 saturated heterocycles. The number of hydrogen-bond donors (Lipinski definition) is 2. The number of carbonyl (C=O) groups is 1. The van der Waals surface area contributed by atoms with Crippen LogP contribution < -0.4 is 5.32 Å². The van der Waals surface area contributed by atoms with Gasteiger partial charge in [0.1, 0.15) is 6.10 Å². The van der Waals surface area contributed by atoms with Crippen molar-refractivity contribution in [3.63, 3.8) is 0 Å². The van der Waals surface area contributed by atoms with E-state index >= 15 is 0 Å². The topological polar surface area (TPSA) is 49.3 Å². The van der Waals surface area contributed by atoms with Crippen LogP contribution >= 0.6 is 0 Å². The fourth-order valence-corrected chi connectivity index (χ4v) is 1.00. The lowest BCUT2D eigenvalue weighted by Crippen LogP contribution is -2.38. The molecule has 0 aliphatic rings. The maximum Gasteiger partial charge on any atom is 0.249 e. The largest absolute Gasteiger partial charge is 0.383 e. The molecule has 78 valence electrons. The van der Waals surface area contributed by atoms with E-state index < -0.39 is 6.10 Å². The zero-order valence-corrected chi connectivity index (χ0v) is 8.49. The van der Waals surface area contributed by atoms with E-state index in [9.17, 15) is 9.90 Å². The second kappa shape index (κ2) is 7.16. The van der Waals surface area contributed by atoms with Crippen LogP contribution in [0, 0.1) is 18.3 Å². The quantitative estimate of drug-likeness (QED) is 0.484. The number of nitrogens with one attached hydrogen (secondary N) is 1. The van der Waals surface area contributed by atoms with Crippen LogP contribution in [-0.2, 0) is 4.79 Å². The van der Waals surface area contributed by atoms with E-state index in [4.69, 9.17) is 6.42 Å². The number of carbonyl (C=O) groups excluding carboxylic acids is 1. The molecule has 0 aromatic rings. The van der Waals surface area contributed by atoms with E-state index in [2.05, 4.69) is 17.8 Å². The summed E-state index contributed by atoms with van der Waals surface area (Å²) in [5.41, 5.74) is 0. The number of hydrogen-bond acceptors (Lipinski definition) is 2. The Kier molecular flexibility index (Phi) is 6.51. The van der Waals surface area contributed by atoms with Crippen LogP contribution in [0.4, 0.5) is 0 Å². The lowest BCUT2D eigenvalue weighted by atomic mass is 9.98. The average Bonchev–Trinajstić information content (AvgIpc) is 2.21. The van der Waals surface area contributed by atoms with Crippen LogP contribution in [0.2, 0.25) is 0 Å². The lowest BCUT2D eigenvalue weighted by molar-refractivity contribution is -0.131. The molecular formula is C11H17NO2. The molecule has 2 atom stereocenters. The molecule has 0 radical (unpaired) electrons. The van der Waals surface area contributed by atoms with E-state index in [-0.39, 0.29) is 11.8 Å². The Morgan fingerprint density at radius 2 is 2.43 bits per heavy atom. The van der Waals surface area contributed by atoms with E-state index in [1.54, 1.807) is 13.0 Å². The first-order chi connectivity index (χ1) is 6.63. The highest BCUT2D eigenvalue weighted by Crippen LogP contribution is 2.10. The summed E-state index contributed by atoms with van der Waals surface area (Å²) in [7, 11) is 0. The van der Waals surface area contributed by atoms with Crippen LogP contribution in [0.25, 0.3) is 0 Å². The molecule has 0 aliphatic carbocycles. The van der Waals surface area contributed by atoms with Crippen molar-refractivity contribution >= 4 is 5.91 Å². The highest BCUT2D eigenvalue weighted by molar-refractivity contribution is 5.80. The van der Waals surface area contributed by atoms with Crippen molar-refractivity contribution < 1.29 is 9.90 Å². The molecule has 0 aromatic carbocycles. The Hall–Kier alpha value is -1.27. The molecule has 0 fully saturated rings. The van der Waals surface area contributed by atoms with Crippen LogP contribution in [-0.4, -0.2) is 23.7 Å². The SMILES string of the molecule is C#CCCC(C)[C@H](O)C(=O)NCC=C. The van der Waals surface area contributed by atoms with Gasteiger partial charge in [-0.3, -0.25) is 4.79 Å². The monoisotopic (exact) mass is 195 g/mol. The second-order valence-corrected chi connectivity index (χ2v) is 3.20. The normalized spacial score (nSPS) is 13.8. The number of aliphatic hydroxyl groups is 1. The van der Waals surface area contributed by atoms with Gasteiger partial charge in [-0.25, -0.2) is 0 Å². The summed E-state index contributed by atoms with van der Waals surface area (Å²) in [6.45, 7) is 5.64. The first-order valence-corrected chi connectivity index (χ1v) is 4.63. The maximum atomic E-state index is 11.2. The predicted molar refractivity (Wildman–Crippen MR) is 56.4 cm³/mol. The fourth-order valence-electron chi connectivity index (χ4n) is 1.00. The number of terminal acetylenes is 1. The summed E-state index contributed by atoms with van der Waals surface area (Å²) in [4.78, 5) is 11.2. The van der Waals surface area contributed by atoms with Gasteiger partial charge in [0, 0.05) is 13.0 Å². The Labute approximate surface area is 85.2 Å². The third-order valence-electron chi connectivity index (χ3n) is 1.97. The zero-order valence-electron chi connectivity index (χ0n) is 8.49. The lowest BCUT2D eigenvalue weighted by Gasteiger charge is -2.16. The molecule has 0 spiro atoms. The van der Waals surface area contributed by atoms with Crippen molar-refractivity contribution in [3.8, 4) is 12.3 Å². The van der Waals surface area contributed by atoms with Gasteiger partial charge in [-0.15, -0.1) is 18.9 Å². The molecule has 1 unspecified atom stereocenters. The van der Waals surface area contributed by atoms with Crippen LogP contribution in [0.5, 0.6) is 0 Å². The number of rotatable bonds is 6. The molecular weight excluding hydrogens is 178 g/mol. The third kappa shape index (κ3) is 4.68. The summed E-state index contributed by atoms with van der Waals surface area (Å²) < 4.78 is 0. The van der Waals surface area contributed by atoms with Crippen molar-refractivity contribution in [1.29, 1.82) is 0 Å². The molecule has 0 bridgehead atoms. The smallest absolute Gasteiger partial charge is 0.249 e. The van der Waals surface area contributed by atoms with E-state index in [0.717, 1.165) is 0 Å².